The van der Waals surface area contributed by atoms with Crippen molar-refractivity contribution >= 4 is 33.2 Å². The Hall–Kier alpha value is -3.01. The van der Waals surface area contributed by atoms with Crippen LogP contribution in [-0.4, -0.2) is 39.5 Å². The van der Waals surface area contributed by atoms with Crippen LogP contribution >= 0.6 is 22.9 Å². The predicted molar refractivity (Wildman–Crippen MR) is 137 cm³/mol. The Bertz CT molecular complexity index is 1530. The molecule has 1 aromatic carbocycles. The van der Waals surface area contributed by atoms with Crippen molar-refractivity contribution in [3.05, 3.63) is 79.0 Å². The van der Waals surface area contributed by atoms with Crippen LogP contribution in [0.3, 0.4) is 0 Å². The molecule has 2 atom stereocenters. The zero-order chi connectivity index (χ0) is 24.7. The van der Waals surface area contributed by atoms with Crippen molar-refractivity contribution in [1.29, 1.82) is 0 Å². The molecule has 35 heavy (non-hydrogen) atoms. The molecule has 1 saturated heterocycles. The number of ether oxygens (including phenoxy) is 1. The zero-order valence-electron chi connectivity index (χ0n) is 19.3. The minimum Gasteiger partial charge on any atom is -0.485 e. The maximum absolute atomic E-state index is 14.3. The van der Waals surface area contributed by atoms with E-state index in [4.69, 9.17) is 16.3 Å². The van der Waals surface area contributed by atoms with Crippen molar-refractivity contribution in [1.82, 2.24) is 19.4 Å². The molecule has 0 unspecified atom stereocenters. The van der Waals surface area contributed by atoms with Crippen LogP contribution in [0.1, 0.15) is 17.4 Å². The number of nitrogens with zero attached hydrogens (tertiary/aromatic N) is 3. The van der Waals surface area contributed by atoms with Crippen LogP contribution in [0.2, 0.25) is 5.02 Å². The molecule has 0 radical (unpaired) electrons. The highest BCUT2D eigenvalue weighted by Crippen LogP contribution is 2.42. The number of halogens is 2. The Morgan fingerprint density at radius 3 is 2.80 bits per heavy atom. The standard InChI is InChI=1S/C25H24ClFN4O3S/c1-3-30-7-5-22(32)31(25(30)33)13-16-10-20-24(35-16)17(4-6-29-20)18-9-15(26)8-14(2)23(18)34-21-12-28-11-19(21)27/h4-10,19,21,28H,3,11-13H2,1-2H3/t19-,21+/m0/s1. The van der Waals surface area contributed by atoms with E-state index in [9.17, 15) is 14.0 Å². The molecular formula is C25H24ClFN4O3S. The molecule has 5 rings (SSSR count). The molecule has 0 aliphatic carbocycles. The molecular weight excluding hydrogens is 491 g/mol. The number of thiophene rings is 1. The maximum atomic E-state index is 14.3. The Labute approximate surface area is 209 Å². The molecule has 0 spiro atoms. The van der Waals surface area contributed by atoms with Gasteiger partial charge in [0, 0.05) is 59.1 Å². The second-order valence-electron chi connectivity index (χ2n) is 8.52. The van der Waals surface area contributed by atoms with Crippen LogP contribution in [0.5, 0.6) is 5.75 Å². The van der Waals surface area contributed by atoms with Crippen molar-refractivity contribution in [3.8, 4) is 16.9 Å². The van der Waals surface area contributed by atoms with E-state index in [-0.39, 0.29) is 24.3 Å². The van der Waals surface area contributed by atoms with Crippen LogP contribution in [0, 0.1) is 6.92 Å². The van der Waals surface area contributed by atoms with Crippen LogP contribution < -0.4 is 21.3 Å². The lowest BCUT2D eigenvalue weighted by molar-refractivity contribution is 0.140. The van der Waals surface area contributed by atoms with Gasteiger partial charge in [0.2, 0.25) is 0 Å². The molecule has 0 amide bonds. The van der Waals surface area contributed by atoms with E-state index >= 15 is 0 Å². The summed E-state index contributed by atoms with van der Waals surface area (Å²) < 4.78 is 24.1. The van der Waals surface area contributed by atoms with Crippen LogP contribution in [-0.2, 0) is 13.1 Å². The lowest BCUT2D eigenvalue weighted by atomic mass is 10.0. The van der Waals surface area contributed by atoms with Gasteiger partial charge in [0.1, 0.15) is 11.9 Å². The number of hydrogen-bond donors (Lipinski definition) is 1. The number of rotatable bonds is 6. The highest BCUT2D eigenvalue weighted by molar-refractivity contribution is 7.19. The van der Waals surface area contributed by atoms with Crippen molar-refractivity contribution in [2.75, 3.05) is 13.1 Å². The first-order valence-electron chi connectivity index (χ1n) is 11.4. The van der Waals surface area contributed by atoms with Crippen LogP contribution in [0.25, 0.3) is 21.3 Å². The Kier molecular flexibility index (Phi) is 6.48. The minimum atomic E-state index is -1.10. The van der Waals surface area contributed by atoms with E-state index in [1.54, 1.807) is 12.3 Å². The summed E-state index contributed by atoms with van der Waals surface area (Å²) in [5.74, 6) is 0.582. The molecule has 10 heteroatoms. The maximum Gasteiger partial charge on any atom is 0.331 e. The number of hydrogen-bond acceptors (Lipinski definition) is 6. The van der Waals surface area contributed by atoms with Gasteiger partial charge in [-0.2, -0.15) is 0 Å². The van der Waals surface area contributed by atoms with Crippen LogP contribution in [0.15, 0.2) is 52.3 Å². The Balaban J connectivity index is 1.60. The van der Waals surface area contributed by atoms with Gasteiger partial charge in [0.05, 0.1) is 16.8 Å². The van der Waals surface area contributed by atoms with Gasteiger partial charge >= 0.3 is 5.69 Å². The summed E-state index contributed by atoms with van der Waals surface area (Å²) in [5, 5.41) is 3.56. The molecule has 1 aliphatic rings. The molecule has 3 aromatic heterocycles. The fourth-order valence-electron chi connectivity index (χ4n) is 4.35. The molecule has 0 saturated carbocycles. The van der Waals surface area contributed by atoms with Crippen molar-refractivity contribution in [2.24, 2.45) is 0 Å². The zero-order valence-corrected chi connectivity index (χ0v) is 20.8. The summed E-state index contributed by atoms with van der Waals surface area (Å²) >= 11 is 7.87. The highest BCUT2D eigenvalue weighted by Gasteiger charge is 2.30. The van der Waals surface area contributed by atoms with Gasteiger partial charge in [0.15, 0.2) is 6.17 Å². The summed E-state index contributed by atoms with van der Waals surface area (Å²) in [5.41, 5.74) is 2.44. The van der Waals surface area contributed by atoms with Gasteiger partial charge in [-0.25, -0.2) is 9.18 Å². The monoisotopic (exact) mass is 514 g/mol. The molecule has 0 bridgehead atoms. The topological polar surface area (TPSA) is 78.2 Å². The molecule has 4 heterocycles. The average Bonchev–Trinajstić information content (AvgIpc) is 3.43. The molecule has 182 valence electrons. The first kappa shape index (κ1) is 23.7. The third kappa shape index (κ3) is 4.51. The van der Waals surface area contributed by atoms with Crippen molar-refractivity contribution in [2.45, 2.75) is 39.2 Å². The normalized spacial score (nSPS) is 17.8. The van der Waals surface area contributed by atoms with Crippen molar-refractivity contribution < 1.29 is 9.13 Å². The number of fused-ring (bicyclic) bond motifs is 1. The molecule has 4 aromatic rings. The van der Waals surface area contributed by atoms with E-state index in [2.05, 4.69) is 10.3 Å². The van der Waals surface area contributed by atoms with Gasteiger partial charge in [-0.05, 0) is 43.7 Å². The van der Waals surface area contributed by atoms with Gasteiger partial charge in [-0.15, -0.1) is 11.3 Å². The summed E-state index contributed by atoms with van der Waals surface area (Å²) in [6.45, 7) is 5.06. The fraction of sp³-hybridized carbons (Fsp3) is 0.320. The van der Waals surface area contributed by atoms with E-state index < -0.39 is 12.3 Å². The molecule has 1 fully saturated rings. The second kappa shape index (κ2) is 9.56. The number of benzene rings is 1. The van der Waals surface area contributed by atoms with E-state index in [1.807, 2.05) is 32.0 Å². The predicted octanol–water partition coefficient (Wildman–Crippen LogP) is 4.01. The SMILES string of the molecule is CCn1ccc(=O)n(Cc2cc3nccc(-c4cc(Cl)cc(C)c4O[C@@H]4CNC[C@@H]4F)c3s2)c1=O. The minimum absolute atomic E-state index is 0.147. The number of alkyl halides is 1. The fourth-order valence-corrected chi connectivity index (χ4v) is 5.76. The summed E-state index contributed by atoms with van der Waals surface area (Å²) in [7, 11) is 0. The molecule has 7 nitrogen and oxygen atoms in total. The van der Waals surface area contributed by atoms with Gasteiger partial charge in [-0.1, -0.05) is 11.6 Å². The number of nitrogens with one attached hydrogen (secondary N) is 1. The first-order chi connectivity index (χ1) is 16.9. The number of aromatic nitrogens is 3. The third-order valence-electron chi connectivity index (χ3n) is 6.14. The second-order valence-corrected chi connectivity index (χ2v) is 10.1. The highest BCUT2D eigenvalue weighted by atomic mass is 35.5. The lowest BCUT2D eigenvalue weighted by Gasteiger charge is -2.20. The van der Waals surface area contributed by atoms with E-state index in [0.29, 0.717) is 23.9 Å². The lowest BCUT2D eigenvalue weighted by Crippen LogP contribution is -2.38. The van der Waals surface area contributed by atoms with Gasteiger partial charge < -0.3 is 14.6 Å². The summed E-state index contributed by atoms with van der Waals surface area (Å²) in [6.07, 6.45) is 1.52. The third-order valence-corrected chi connectivity index (χ3v) is 7.50. The molecule has 1 N–H and O–H groups in total. The Morgan fingerprint density at radius 2 is 2.06 bits per heavy atom. The van der Waals surface area contributed by atoms with E-state index in [1.165, 1.54) is 32.7 Å². The average molecular weight is 515 g/mol. The number of pyridine rings is 1. The van der Waals surface area contributed by atoms with Gasteiger partial charge in [-0.3, -0.25) is 14.3 Å². The number of aryl methyl sites for hydroxylation is 2. The van der Waals surface area contributed by atoms with E-state index in [0.717, 1.165) is 31.8 Å². The smallest absolute Gasteiger partial charge is 0.331 e. The van der Waals surface area contributed by atoms with Crippen molar-refractivity contribution in [3.63, 3.8) is 0 Å². The molecule has 1 aliphatic heterocycles. The van der Waals surface area contributed by atoms with Crippen LogP contribution in [0.4, 0.5) is 4.39 Å². The summed E-state index contributed by atoms with van der Waals surface area (Å²) in [4.78, 5) is 30.4. The Morgan fingerprint density at radius 1 is 1.23 bits per heavy atom. The largest absolute Gasteiger partial charge is 0.485 e. The first-order valence-corrected chi connectivity index (χ1v) is 12.5. The summed E-state index contributed by atoms with van der Waals surface area (Å²) in [6, 6.07) is 8.77. The quantitative estimate of drug-likeness (QED) is 0.421. The van der Waals surface area contributed by atoms with Gasteiger partial charge in [0.25, 0.3) is 5.56 Å².